The molecule has 1 aromatic rings. The second-order valence-corrected chi connectivity index (χ2v) is 8.13. The number of thiophene rings is 1. The van der Waals surface area contributed by atoms with Gasteiger partial charge in [-0.15, -0.1) is 11.3 Å². The minimum absolute atomic E-state index is 0.643. The number of hydrogen-bond donors (Lipinski definition) is 1. The number of hydrogen-bond acceptors (Lipinski definition) is 2. The van der Waals surface area contributed by atoms with Crippen LogP contribution < -0.4 is 5.32 Å². The van der Waals surface area contributed by atoms with Gasteiger partial charge < -0.3 is 5.32 Å². The largest absolute Gasteiger partial charge is 0.314 e. The van der Waals surface area contributed by atoms with Crippen LogP contribution in [0.15, 0.2) is 12.1 Å². The summed E-state index contributed by atoms with van der Waals surface area (Å²) in [4.78, 5) is 1.43. The summed E-state index contributed by atoms with van der Waals surface area (Å²) in [5.74, 6) is 3.09. The molecule has 2 bridgehead atoms. The second-order valence-electron chi connectivity index (χ2n) is 6.34. The fraction of sp³-hybridized carbons (Fsp3) is 0.750. The molecule has 4 unspecified atom stereocenters. The van der Waals surface area contributed by atoms with Gasteiger partial charge in [-0.25, -0.2) is 0 Å². The third-order valence-corrected chi connectivity index (χ3v) is 6.29. The maximum absolute atomic E-state index is 6.04. The van der Waals surface area contributed by atoms with E-state index in [1.165, 1.54) is 37.0 Å². The van der Waals surface area contributed by atoms with Crippen molar-refractivity contribution in [1.82, 2.24) is 5.32 Å². The zero-order chi connectivity index (χ0) is 13.2. The topological polar surface area (TPSA) is 12.0 Å². The van der Waals surface area contributed by atoms with Crippen LogP contribution in [0.1, 0.15) is 43.9 Å². The number of nitrogens with one attached hydrogen (secondary N) is 1. The molecule has 0 radical (unpaired) electrons. The van der Waals surface area contributed by atoms with Crippen molar-refractivity contribution >= 4 is 22.9 Å². The maximum atomic E-state index is 6.04. The van der Waals surface area contributed by atoms with Gasteiger partial charge in [0.2, 0.25) is 0 Å². The van der Waals surface area contributed by atoms with E-state index < -0.39 is 0 Å². The lowest BCUT2D eigenvalue weighted by molar-refractivity contribution is 0.278. The summed E-state index contributed by atoms with van der Waals surface area (Å²) in [7, 11) is 0. The van der Waals surface area contributed by atoms with Gasteiger partial charge in [-0.05, 0) is 68.5 Å². The van der Waals surface area contributed by atoms with Gasteiger partial charge in [0.05, 0.1) is 4.34 Å². The van der Waals surface area contributed by atoms with E-state index in [1.54, 1.807) is 11.3 Å². The van der Waals surface area contributed by atoms with E-state index in [-0.39, 0.29) is 0 Å². The highest BCUT2D eigenvalue weighted by Crippen LogP contribution is 2.50. The standard InChI is InChI=1S/C16H24ClNS/c1-2-18-14(10-15-5-6-16(17)19-15)9-13-8-11-3-4-12(13)7-11/h5-6,11-14,18H,2-4,7-10H2,1H3. The van der Waals surface area contributed by atoms with Crippen molar-refractivity contribution in [2.45, 2.75) is 51.5 Å². The van der Waals surface area contributed by atoms with Gasteiger partial charge >= 0.3 is 0 Å². The molecule has 3 heteroatoms. The van der Waals surface area contributed by atoms with Crippen molar-refractivity contribution in [3.63, 3.8) is 0 Å². The lowest BCUT2D eigenvalue weighted by atomic mass is 9.83. The summed E-state index contributed by atoms with van der Waals surface area (Å²) in [5.41, 5.74) is 0. The molecule has 0 saturated heterocycles. The molecule has 2 fully saturated rings. The molecule has 2 saturated carbocycles. The van der Waals surface area contributed by atoms with Gasteiger partial charge in [-0.3, -0.25) is 0 Å². The van der Waals surface area contributed by atoms with Gasteiger partial charge in [-0.1, -0.05) is 24.9 Å². The van der Waals surface area contributed by atoms with E-state index in [4.69, 9.17) is 11.6 Å². The average molecular weight is 298 g/mol. The molecular formula is C16H24ClNS. The van der Waals surface area contributed by atoms with E-state index >= 15 is 0 Å². The second kappa shape index (κ2) is 6.15. The third-order valence-electron chi connectivity index (χ3n) is 5.04. The molecule has 2 aliphatic carbocycles. The highest BCUT2D eigenvalue weighted by molar-refractivity contribution is 7.16. The predicted molar refractivity (Wildman–Crippen MR) is 84.1 cm³/mol. The maximum Gasteiger partial charge on any atom is 0.0931 e. The van der Waals surface area contributed by atoms with E-state index in [2.05, 4.69) is 18.3 Å². The first-order valence-electron chi connectivity index (χ1n) is 7.72. The smallest absolute Gasteiger partial charge is 0.0931 e. The Hall–Kier alpha value is -0.0500. The zero-order valence-corrected chi connectivity index (χ0v) is 13.3. The highest BCUT2D eigenvalue weighted by atomic mass is 35.5. The van der Waals surface area contributed by atoms with Crippen LogP contribution in [0.3, 0.4) is 0 Å². The van der Waals surface area contributed by atoms with Gasteiger partial charge in [0, 0.05) is 10.9 Å². The Labute approximate surface area is 125 Å². The van der Waals surface area contributed by atoms with E-state index in [0.717, 1.165) is 35.1 Å². The minimum Gasteiger partial charge on any atom is -0.314 e. The fourth-order valence-electron chi connectivity index (χ4n) is 4.26. The van der Waals surface area contributed by atoms with Crippen molar-refractivity contribution in [2.75, 3.05) is 6.54 Å². The molecule has 1 nitrogen and oxygen atoms in total. The molecule has 0 spiro atoms. The Kier molecular flexibility index (Phi) is 4.51. The Morgan fingerprint density at radius 1 is 1.37 bits per heavy atom. The Bertz CT molecular complexity index is 417. The third kappa shape index (κ3) is 3.34. The first-order chi connectivity index (χ1) is 9.24. The van der Waals surface area contributed by atoms with E-state index in [0.29, 0.717) is 6.04 Å². The quantitative estimate of drug-likeness (QED) is 0.799. The monoisotopic (exact) mass is 297 g/mol. The molecule has 0 amide bonds. The van der Waals surface area contributed by atoms with E-state index in [1.807, 2.05) is 6.07 Å². The molecular weight excluding hydrogens is 274 g/mol. The molecule has 1 aromatic heterocycles. The molecule has 3 rings (SSSR count). The number of halogens is 1. The molecule has 4 atom stereocenters. The SMILES string of the molecule is CCNC(Cc1ccc(Cl)s1)CC1CC2CCC1C2. The zero-order valence-electron chi connectivity index (χ0n) is 11.7. The van der Waals surface area contributed by atoms with Crippen molar-refractivity contribution < 1.29 is 0 Å². The van der Waals surface area contributed by atoms with Crippen LogP contribution in [0.2, 0.25) is 4.34 Å². The Morgan fingerprint density at radius 2 is 2.26 bits per heavy atom. The van der Waals surface area contributed by atoms with Gasteiger partial charge in [-0.2, -0.15) is 0 Å². The number of likely N-dealkylation sites (N-methyl/N-ethyl adjacent to an activating group) is 1. The molecule has 1 heterocycles. The molecule has 0 aliphatic heterocycles. The summed E-state index contributed by atoms with van der Waals surface area (Å²) < 4.78 is 0.921. The summed E-state index contributed by atoms with van der Waals surface area (Å²) in [6, 6.07) is 4.87. The molecule has 1 N–H and O–H groups in total. The van der Waals surface area contributed by atoms with Gasteiger partial charge in [0.25, 0.3) is 0 Å². The van der Waals surface area contributed by atoms with E-state index in [9.17, 15) is 0 Å². The number of fused-ring (bicyclic) bond motifs is 2. The molecule has 106 valence electrons. The minimum atomic E-state index is 0.643. The molecule has 0 aromatic carbocycles. The Morgan fingerprint density at radius 3 is 2.84 bits per heavy atom. The van der Waals surface area contributed by atoms with Crippen LogP contribution in [0, 0.1) is 17.8 Å². The summed E-state index contributed by atoms with van der Waals surface area (Å²) in [6.07, 6.45) is 8.54. The van der Waals surface area contributed by atoms with Crippen LogP contribution in [-0.4, -0.2) is 12.6 Å². The average Bonchev–Trinajstić information content (AvgIpc) is 3.06. The molecule has 2 aliphatic rings. The van der Waals surface area contributed by atoms with Crippen LogP contribution in [0.5, 0.6) is 0 Å². The van der Waals surface area contributed by atoms with Crippen molar-refractivity contribution in [3.8, 4) is 0 Å². The van der Waals surface area contributed by atoms with Crippen molar-refractivity contribution in [2.24, 2.45) is 17.8 Å². The lowest BCUT2D eigenvalue weighted by Crippen LogP contribution is -2.34. The Balaban J connectivity index is 1.58. The van der Waals surface area contributed by atoms with Crippen LogP contribution in [0.25, 0.3) is 0 Å². The summed E-state index contributed by atoms with van der Waals surface area (Å²) >= 11 is 7.78. The summed E-state index contributed by atoms with van der Waals surface area (Å²) in [5, 5.41) is 3.69. The van der Waals surface area contributed by atoms with Gasteiger partial charge in [0.15, 0.2) is 0 Å². The molecule has 19 heavy (non-hydrogen) atoms. The normalized spacial score (nSPS) is 30.9. The van der Waals surface area contributed by atoms with Crippen molar-refractivity contribution in [1.29, 1.82) is 0 Å². The fourth-order valence-corrected chi connectivity index (χ4v) is 5.43. The van der Waals surface area contributed by atoms with Crippen LogP contribution >= 0.6 is 22.9 Å². The number of rotatable bonds is 6. The summed E-state index contributed by atoms with van der Waals surface area (Å²) in [6.45, 7) is 3.29. The lowest BCUT2D eigenvalue weighted by Gasteiger charge is -2.27. The van der Waals surface area contributed by atoms with Crippen LogP contribution in [0.4, 0.5) is 0 Å². The predicted octanol–water partition coefficient (Wildman–Crippen LogP) is 4.75. The first kappa shape index (κ1) is 13.9. The van der Waals surface area contributed by atoms with Crippen molar-refractivity contribution in [3.05, 3.63) is 21.3 Å². The first-order valence-corrected chi connectivity index (χ1v) is 8.91. The van der Waals surface area contributed by atoms with Crippen LogP contribution in [-0.2, 0) is 6.42 Å². The van der Waals surface area contributed by atoms with Gasteiger partial charge in [0.1, 0.15) is 0 Å². The highest BCUT2D eigenvalue weighted by Gasteiger charge is 2.39.